The van der Waals surface area contributed by atoms with E-state index in [1.807, 2.05) is 12.1 Å². The summed E-state index contributed by atoms with van der Waals surface area (Å²) in [6, 6.07) is 8.25. The van der Waals surface area contributed by atoms with Crippen LogP contribution in [0.25, 0.3) is 10.9 Å². The van der Waals surface area contributed by atoms with E-state index in [0.717, 1.165) is 5.39 Å². The summed E-state index contributed by atoms with van der Waals surface area (Å²) in [6.07, 6.45) is 1.48. The van der Waals surface area contributed by atoms with Gasteiger partial charge in [0.25, 0.3) is 11.5 Å². The van der Waals surface area contributed by atoms with E-state index in [0.29, 0.717) is 73.5 Å². The number of nitrogens with zero attached hydrogens (tertiary/aromatic N) is 6. The van der Waals surface area contributed by atoms with Gasteiger partial charge in [0.1, 0.15) is 6.04 Å². The lowest BCUT2D eigenvalue weighted by Crippen LogP contribution is -2.50. The van der Waals surface area contributed by atoms with E-state index in [1.54, 1.807) is 34.9 Å². The molecule has 0 aliphatic carbocycles. The zero-order chi connectivity index (χ0) is 25.4. The Morgan fingerprint density at radius 2 is 1.97 bits per heavy atom. The van der Waals surface area contributed by atoms with Gasteiger partial charge in [0.2, 0.25) is 6.79 Å². The van der Waals surface area contributed by atoms with Crippen LogP contribution in [0.5, 0.6) is 11.5 Å². The van der Waals surface area contributed by atoms with Gasteiger partial charge in [-0.2, -0.15) is 0 Å². The van der Waals surface area contributed by atoms with Crippen LogP contribution in [0.2, 0.25) is 0 Å². The lowest BCUT2D eigenvalue weighted by molar-refractivity contribution is 0.0557. The number of piperazine rings is 1. The fraction of sp³-hybridized carbons (Fsp3) is 0.375. The molecule has 0 unspecified atom stereocenters. The lowest BCUT2D eigenvalue weighted by atomic mass is 10.0. The summed E-state index contributed by atoms with van der Waals surface area (Å²) < 4.78 is 23.1. The highest BCUT2D eigenvalue weighted by atomic mass is 16.7. The van der Waals surface area contributed by atoms with Gasteiger partial charge in [0.15, 0.2) is 23.1 Å². The van der Waals surface area contributed by atoms with Crippen molar-refractivity contribution in [1.82, 2.24) is 35.0 Å². The van der Waals surface area contributed by atoms with E-state index in [9.17, 15) is 9.59 Å². The van der Waals surface area contributed by atoms with Crippen molar-refractivity contribution in [3.05, 3.63) is 64.1 Å². The van der Waals surface area contributed by atoms with Crippen LogP contribution in [0.15, 0.2) is 45.8 Å². The van der Waals surface area contributed by atoms with Crippen LogP contribution in [0.4, 0.5) is 0 Å². The third-order valence-corrected chi connectivity index (χ3v) is 6.67. The SMILES string of the molecule is COCCn1nnnc1[C@@H](c1cc2cc3c(cc2[nH]c1=O)OCO3)N1CCN(C(=O)c2ccco2)CC1. The number of carbonyl (C=O) groups excluding carboxylic acids is 1. The minimum absolute atomic E-state index is 0.140. The second-order valence-electron chi connectivity index (χ2n) is 8.81. The molecular formula is C24H25N7O6. The van der Waals surface area contributed by atoms with Crippen LogP contribution >= 0.6 is 0 Å². The summed E-state index contributed by atoms with van der Waals surface area (Å²) in [6.45, 7) is 2.91. The Morgan fingerprint density at radius 1 is 1.16 bits per heavy atom. The Labute approximate surface area is 210 Å². The van der Waals surface area contributed by atoms with Crippen LogP contribution in [0, 0.1) is 0 Å². The number of pyridine rings is 1. The molecule has 13 heteroatoms. The fourth-order valence-corrected chi connectivity index (χ4v) is 4.80. The topological polar surface area (TPSA) is 141 Å². The Morgan fingerprint density at radius 3 is 2.73 bits per heavy atom. The van der Waals surface area contributed by atoms with E-state index < -0.39 is 6.04 Å². The average Bonchev–Trinajstić information content (AvgIpc) is 3.69. The molecule has 13 nitrogen and oxygen atoms in total. The van der Waals surface area contributed by atoms with Crippen molar-refractivity contribution >= 4 is 16.8 Å². The van der Waals surface area contributed by atoms with Gasteiger partial charge in [-0.25, -0.2) is 4.68 Å². The number of aromatic amines is 1. The number of hydrogen-bond donors (Lipinski definition) is 1. The molecule has 1 aromatic carbocycles. The van der Waals surface area contributed by atoms with Gasteiger partial charge in [-0.3, -0.25) is 14.5 Å². The van der Waals surface area contributed by atoms with Gasteiger partial charge in [-0.15, -0.1) is 5.10 Å². The Kier molecular flexibility index (Phi) is 6.06. The summed E-state index contributed by atoms with van der Waals surface area (Å²) in [4.78, 5) is 33.1. The number of benzene rings is 1. The monoisotopic (exact) mass is 507 g/mol. The highest BCUT2D eigenvalue weighted by Gasteiger charge is 2.34. The molecule has 5 heterocycles. The molecular weight excluding hydrogens is 482 g/mol. The number of H-pyrrole nitrogens is 1. The number of nitrogens with one attached hydrogen (secondary N) is 1. The number of ether oxygens (including phenoxy) is 3. The third kappa shape index (κ3) is 4.32. The van der Waals surface area contributed by atoms with Crippen molar-refractivity contribution in [3.8, 4) is 11.5 Å². The molecule has 0 bridgehead atoms. The van der Waals surface area contributed by atoms with Crippen LogP contribution in [-0.4, -0.2) is 87.6 Å². The first-order valence-electron chi connectivity index (χ1n) is 11.9. The number of rotatable bonds is 7. The first-order valence-corrected chi connectivity index (χ1v) is 11.9. The highest BCUT2D eigenvalue weighted by Crippen LogP contribution is 2.36. The summed E-state index contributed by atoms with van der Waals surface area (Å²) in [5.41, 5.74) is 0.877. The van der Waals surface area contributed by atoms with Crippen molar-refractivity contribution in [1.29, 1.82) is 0 Å². The normalized spacial score (nSPS) is 16.4. The molecule has 0 saturated carbocycles. The number of carbonyl (C=O) groups is 1. The standard InChI is InChI=1S/C24H25N7O6/c1-34-10-8-31-22(26-27-28-31)21(29-4-6-30(7-5-29)24(33)18-3-2-9-35-18)16-11-15-12-19-20(37-14-36-19)13-17(15)25-23(16)32/h2-3,9,11-13,21H,4-8,10,14H2,1H3,(H,25,32)/t21-/m1/s1. The number of tetrazole rings is 1. The molecule has 192 valence electrons. The molecule has 1 amide bonds. The Balaban J connectivity index is 1.36. The number of furan rings is 1. The number of hydrogen-bond acceptors (Lipinski definition) is 10. The Hall–Kier alpha value is -4.23. The van der Waals surface area contributed by atoms with Crippen LogP contribution < -0.4 is 15.0 Å². The van der Waals surface area contributed by atoms with Crippen molar-refractivity contribution in [2.75, 3.05) is 46.7 Å². The molecule has 37 heavy (non-hydrogen) atoms. The zero-order valence-corrected chi connectivity index (χ0v) is 20.1. The summed E-state index contributed by atoms with van der Waals surface area (Å²) in [5, 5.41) is 13.1. The van der Waals surface area contributed by atoms with Crippen LogP contribution in [0.1, 0.15) is 28.0 Å². The van der Waals surface area contributed by atoms with Gasteiger partial charge in [-0.1, -0.05) is 0 Å². The van der Waals surface area contributed by atoms with E-state index in [-0.39, 0.29) is 18.3 Å². The second kappa shape index (κ2) is 9.67. The molecule has 1 saturated heterocycles. The molecule has 6 rings (SSSR count). The van der Waals surface area contributed by atoms with Crippen molar-refractivity contribution in [2.45, 2.75) is 12.6 Å². The predicted molar refractivity (Wildman–Crippen MR) is 128 cm³/mol. The van der Waals surface area contributed by atoms with Crippen molar-refractivity contribution in [2.24, 2.45) is 0 Å². The van der Waals surface area contributed by atoms with Crippen LogP contribution in [-0.2, 0) is 11.3 Å². The number of aromatic nitrogens is 5. The molecule has 1 fully saturated rings. The van der Waals surface area contributed by atoms with Gasteiger partial charge in [-0.05, 0) is 34.7 Å². The first kappa shape index (κ1) is 23.2. The van der Waals surface area contributed by atoms with Gasteiger partial charge < -0.3 is 28.5 Å². The molecule has 0 spiro atoms. The maximum atomic E-state index is 13.4. The summed E-state index contributed by atoms with van der Waals surface area (Å²) in [5.74, 6) is 1.88. The molecule has 2 aliphatic rings. The van der Waals surface area contributed by atoms with Crippen molar-refractivity contribution < 1.29 is 23.4 Å². The number of amides is 1. The van der Waals surface area contributed by atoms with Gasteiger partial charge in [0.05, 0.1) is 24.9 Å². The molecule has 3 aromatic heterocycles. The molecule has 0 radical (unpaired) electrons. The summed E-state index contributed by atoms with van der Waals surface area (Å²) >= 11 is 0. The van der Waals surface area contributed by atoms with Crippen molar-refractivity contribution in [3.63, 3.8) is 0 Å². The minimum atomic E-state index is -0.550. The number of methoxy groups -OCH3 is 1. The maximum absolute atomic E-state index is 13.4. The lowest BCUT2D eigenvalue weighted by Gasteiger charge is -2.38. The highest BCUT2D eigenvalue weighted by molar-refractivity contribution is 5.91. The minimum Gasteiger partial charge on any atom is -0.459 e. The second-order valence-corrected chi connectivity index (χ2v) is 8.81. The maximum Gasteiger partial charge on any atom is 0.289 e. The summed E-state index contributed by atoms with van der Waals surface area (Å²) in [7, 11) is 1.61. The fourth-order valence-electron chi connectivity index (χ4n) is 4.80. The molecule has 1 N–H and O–H groups in total. The van der Waals surface area contributed by atoms with E-state index in [2.05, 4.69) is 25.4 Å². The van der Waals surface area contributed by atoms with E-state index in [4.69, 9.17) is 18.6 Å². The van der Waals surface area contributed by atoms with Crippen LogP contribution in [0.3, 0.4) is 0 Å². The molecule has 1 atom stereocenters. The third-order valence-electron chi connectivity index (χ3n) is 6.67. The zero-order valence-electron chi connectivity index (χ0n) is 20.1. The Bertz CT molecular complexity index is 1470. The average molecular weight is 508 g/mol. The quantitative estimate of drug-likeness (QED) is 0.386. The molecule has 4 aromatic rings. The predicted octanol–water partition coefficient (Wildman–Crippen LogP) is 1.03. The van der Waals surface area contributed by atoms with Gasteiger partial charge >= 0.3 is 0 Å². The smallest absolute Gasteiger partial charge is 0.289 e. The molecule has 2 aliphatic heterocycles. The van der Waals surface area contributed by atoms with Gasteiger partial charge in [0, 0.05) is 50.3 Å². The van der Waals surface area contributed by atoms with E-state index >= 15 is 0 Å². The first-order chi connectivity index (χ1) is 18.1. The number of fused-ring (bicyclic) bond motifs is 2. The largest absolute Gasteiger partial charge is 0.459 e. The van der Waals surface area contributed by atoms with E-state index in [1.165, 1.54) is 6.26 Å².